The van der Waals surface area contributed by atoms with Gasteiger partial charge in [-0.15, -0.1) is 0 Å². The zero-order valence-corrected chi connectivity index (χ0v) is 12.9. The number of halogens is 5. The van der Waals surface area contributed by atoms with Crippen molar-refractivity contribution in [3.63, 3.8) is 0 Å². The van der Waals surface area contributed by atoms with Crippen molar-refractivity contribution in [1.29, 1.82) is 0 Å². The molecule has 3 unspecified atom stereocenters. The Hall–Kier alpha value is -0.620. The van der Waals surface area contributed by atoms with Crippen LogP contribution in [-0.4, -0.2) is 17.4 Å². The fourth-order valence-electron chi connectivity index (χ4n) is 2.97. The van der Waals surface area contributed by atoms with Crippen LogP contribution in [0.3, 0.4) is 0 Å². The van der Waals surface area contributed by atoms with E-state index in [0.717, 1.165) is 0 Å². The Labute approximate surface area is 129 Å². The Morgan fingerprint density at radius 3 is 2.67 bits per heavy atom. The van der Waals surface area contributed by atoms with E-state index < -0.39 is 24.0 Å². The number of hydrogen-bond acceptors (Lipinski definition) is 1. The van der Waals surface area contributed by atoms with E-state index in [2.05, 4.69) is 15.9 Å². The van der Waals surface area contributed by atoms with E-state index in [1.54, 1.807) is 0 Å². The molecule has 21 heavy (non-hydrogen) atoms. The Morgan fingerprint density at radius 1 is 1.29 bits per heavy atom. The molecule has 3 atom stereocenters. The maximum absolute atomic E-state index is 13.2. The van der Waals surface area contributed by atoms with Gasteiger partial charge in [-0.1, -0.05) is 22.4 Å². The van der Waals surface area contributed by atoms with Crippen molar-refractivity contribution in [1.82, 2.24) is 0 Å². The first-order chi connectivity index (χ1) is 9.77. The average molecular weight is 369 g/mol. The lowest BCUT2D eigenvalue weighted by Gasteiger charge is -2.33. The van der Waals surface area contributed by atoms with E-state index in [-0.39, 0.29) is 25.2 Å². The molecule has 1 N–H and O–H groups in total. The van der Waals surface area contributed by atoms with Crippen LogP contribution in [-0.2, 0) is 6.42 Å². The number of aliphatic hydroxyl groups excluding tert-OH is 1. The van der Waals surface area contributed by atoms with Crippen LogP contribution in [0.2, 0.25) is 0 Å². The summed E-state index contributed by atoms with van der Waals surface area (Å²) in [5.74, 6) is -2.14. The van der Waals surface area contributed by atoms with Crippen molar-refractivity contribution in [3.8, 4) is 0 Å². The van der Waals surface area contributed by atoms with Crippen molar-refractivity contribution >= 4 is 15.9 Å². The molecule has 1 aromatic rings. The minimum absolute atomic E-state index is 0.0440. The van der Waals surface area contributed by atoms with E-state index >= 15 is 0 Å². The summed E-state index contributed by atoms with van der Waals surface area (Å²) >= 11 is 3.27. The highest BCUT2D eigenvalue weighted by Crippen LogP contribution is 2.41. The van der Waals surface area contributed by atoms with Crippen molar-refractivity contribution in [3.05, 3.63) is 34.1 Å². The monoisotopic (exact) mass is 368 g/mol. The van der Waals surface area contributed by atoms with Gasteiger partial charge in [0.2, 0.25) is 0 Å². The largest absolute Gasteiger partial charge is 0.392 e. The molecule has 1 aliphatic carbocycles. The third-order valence-corrected chi connectivity index (χ3v) is 4.93. The second-order valence-electron chi connectivity index (χ2n) is 5.67. The molecule has 1 fully saturated rings. The molecular formula is C15H17BrF4O. The summed E-state index contributed by atoms with van der Waals surface area (Å²) < 4.78 is 52.2. The molecule has 1 nitrogen and oxygen atoms in total. The van der Waals surface area contributed by atoms with Gasteiger partial charge in [0.1, 0.15) is 5.82 Å². The molecule has 0 bridgehead atoms. The second-order valence-corrected chi connectivity index (χ2v) is 6.53. The molecule has 6 heteroatoms. The van der Waals surface area contributed by atoms with Gasteiger partial charge in [-0.05, 0) is 55.4 Å². The molecule has 0 spiro atoms. The van der Waals surface area contributed by atoms with Gasteiger partial charge >= 0.3 is 6.18 Å². The number of alkyl halides is 3. The van der Waals surface area contributed by atoms with Crippen LogP contribution < -0.4 is 0 Å². The molecule has 2 rings (SSSR count). The lowest BCUT2D eigenvalue weighted by atomic mass is 9.77. The van der Waals surface area contributed by atoms with Gasteiger partial charge in [0.25, 0.3) is 0 Å². The molecule has 1 saturated carbocycles. The first-order valence-corrected chi connectivity index (χ1v) is 7.75. The third-order valence-electron chi connectivity index (χ3n) is 4.16. The number of aliphatic hydroxyl groups is 1. The Balaban J connectivity index is 2.02. The van der Waals surface area contributed by atoms with Crippen molar-refractivity contribution in [2.45, 2.75) is 44.4 Å². The first-order valence-electron chi connectivity index (χ1n) is 6.96. The van der Waals surface area contributed by atoms with Crippen LogP contribution in [0, 0.1) is 17.7 Å². The summed E-state index contributed by atoms with van der Waals surface area (Å²) in [7, 11) is 0. The smallest absolute Gasteiger partial charge is 0.391 e. The van der Waals surface area contributed by atoms with Crippen molar-refractivity contribution in [2.75, 3.05) is 0 Å². The fraction of sp³-hybridized carbons (Fsp3) is 0.600. The Morgan fingerprint density at radius 2 is 2.00 bits per heavy atom. The third kappa shape index (κ3) is 4.42. The molecular weight excluding hydrogens is 352 g/mol. The first kappa shape index (κ1) is 16.7. The quantitative estimate of drug-likeness (QED) is 0.755. The van der Waals surface area contributed by atoms with Crippen LogP contribution >= 0.6 is 15.9 Å². The zero-order chi connectivity index (χ0) is 15.6. The van der Waals surface area contributed by atoms with Crippen molar-refractivity contribution < 1.29 is 22.7 Å². The van der Waals surface area contributed by atoms with Gasteiger partial charge in [0.15, 0.2) is 0 Å². The highest BCUT2D eigenvalue weighted by atomic mass is 79.9. The van der Waals surface area contributed by atoms with E-state index in [1.807, 2.05) is 0 Å². The van der Waals surface area contributed by atoms with Crippen LogP contribution in [0.15, 0.2) is 22.7 Å². The molecule has 0 saturated heterocycles. The van der Waals surface area contributed by atoms with E-state index in [1.165, 1.54) is 18.2 Å². The van der Waals surface area contributed by atoms with Gasteiger partial charge in [-0.2, -0.15) is 13.2 Å². The topological polar surface area (TPSA) is 20.2 Å². The highest BCUT2D eigenvalue weighted by molar-refractivity contribution is 9.10. The summed E-state index contributed by atoms with van der Waals surface area (Å²) in [4.78, 5) is 0. The molecule has 0 aromatic heterocycles. The molecule has 1 aliphatic rings. The normalized spacial score (nSPS) is 24.9. The molecule has 0 aliphatic heterocycles. The standard InChI is InChI=1S/C15H17BrF4O/c16-13-5-4-12(17)7-10(13)8-14(21)9-2-1-3-11(6-9)15(18,19)20/h4-5,7,9,11,14,21H,1-3,6,8H2. The number of benzene rings is 1. The summed E-state index contributed by atoms with van der Waals surface area (Å²) in [5, 5.41) is 10.2. The molecule has 0 heterocycles. The summed E-state index contributed by atoms with van der Waals surface area (Å²) in [5.41, 5.74) is 0.580. The van der Waals surface area contributed by atoms with Gasteiger partial charge in [0, 0.05) is 4.47 Å². The summed E-state index contributed by atoms with van der Waals surface area (Å²) in [6.45, 7) is 0. The van der Waals surface area contributed by atoms with Crippen LogP contribution in [0.4, 0.5) is 17.6 Å². The van der Waals surface area contributed by atoms with Gasteiger partial charge in [0.05, 0.1) is 12.0 Å². The Bertz CT molecular complexity index is 489. The number of rotatable bonds is 3. The molecule has 0 amide bonds. The second kappa shape index (κ2) is 6.65. The van der Waals surface area contributed by atoms with Crippen molar-refractivity contribution in [2.24, 2.45) is 11.8 Å². The van der Waals surface area contributed by atoms with Gasteiger partial charge in [-0.3, -0.25) is 0 Å². The lowest BCUT2D eigenvalue weighted by molar-refractivity contribution is -0.188. The van der Waals surface area contributed by atoms with E-state index in [0.29, 0.717) is 22.9 Å². The predicted molar refractivity (Wildman–Crippen MR) is 75.3 cm³/mol. The lowest BCUT2D eigenvalue weighted by Crippen LogP contribution is -2.34. The van der Waals surface area contributed by atoms with Gasteiger partial charge < -0.3 is 5.11 Å². The SMILES string of the molecule is OC(Cc1cc(F)ccc1Br)C1CCCC(C(F)(F)F)C1. The average Bonchev–Trinajstić information content (AvgIpc) is 2.42. The molecule has 0 radical (unpaired) electrons. The molecule has 1 aromatic carbocycles. The predicted octanol–water partition coefficient (Wildman–Crippen LogP) is 4.86. The fourth-order valence-corrected chi connectivity index (χ4v) is 3.37. The zero-order valence-electron chi connectivity index (χ0n) is 11.3. The maximum Gasteiger partial charge on any atom is 0.391 e. The summed E-state index contributed by atoms with van der Waals surface area (Å²) in [6, 6.07) is 4.13. The Kier molecular flexibility index (Phi) is 5.30. The van der Waals surface area contributed by atoms with Crippen LogP contribution in [0.25, 0.3) is 0 Å². The summed E-state index contributed by atoms with van der Waals surface area (Å²) in [6.07, 6.45) is -3.77. The van der Waals surface area contributed by atoms with Crippen LogP contribution in [0.1, 0.15) is 31.2 Å². The van der Waals surface area contributed by atoms with Gasteiger partial charge in [-0.25, -0.2) is 4.39 Å². The minimum Gasteiger partial charge on any atom is -0.392 e. The van der Waals surface area contributed by atoms with E-state index in [4.69, 9.17) is 0 Å². The molecule has 118 valence electrons. The minimum atomic E-state index is -4.20. The highest BCUT2D eigenvalue weighted by Gasteiger charge is 2.43. The van der Waals surface area contributed by atoms with Crippen LogP contribution in [0.5, 0.6) is 0 Å². The number of hydrogen-bond donors (Lipinski definition) is 1. The van der Waals surface area contributed by atoms with E-state index in [9.17, 15) is 22.7 Å². The maximum atomic E-state index is 13.2.